The molecule has 2 N–H and O–H groups in total. The van der Waals surface area contributed by atoms with Crippen LogP contribution in [0.4, 0.5) is 0 Å². The van der Waals surface area contributed by atoms with Gasteiger partial charge in [0.25, 0.3) is 0 Å². The lowest BCUT2D eigenvalue weighted by atomic mass is 9.89. The molecule has 122 valence electrons. The summed E-state index contributed by atoms with van der Waals surface area (Å²) in [4.78, 5) is 23.9. The molecule has 0 atom stereocenters. The Balaban J connectivity index is 2.57. The molecule has 1 aliphatic heterocycles. The molecule has 0 aliphatic carbocycles. The van der Waals surface area contributed by atoms with Crippen molar-refractivity contribution in [1.82, 2.24) is 10.6 Å². The lowest BCUT2D eigenvalue weighted by Crippen LogP contribution is -2.58. The third-order valence-electron chi connectivity index (χ3n) is 3.67. The van der Waals surface area contributed by atoms with Gasteiger partial charge in [-0.05, 0) is 24.7 Å². The summed E-state index contributed by atoms with van der Waals surface area (Å²) in [6.07, 6.45) is 2.53. The fourth-order valence-corrected chi connectivity index (χ4v) is 2.54. The van der Waals surface area contributed by atoms with Crippen LogP contribution in [0, 0.1) is 11.8 Å². The van der Waals surface area contributed by atoms with E-state index < -0.39 is 0 Å². The van der Waals surface area contributed by atoms with Crippen molar-refractivity contribution in [2.45, 2.75) is 58.9 Å². The van der Waals surface area contributed by atoms with Crippen LogP contribution < -0.4 is 10.6 Å². The lowest BCUT2D eigenvalue weighted by molar-refractivity contribution is -0.127. The topological polar surface area (TPSA) is 67.4 Å². The summed E-state index contributed by atoms with van der Waals surface area (Å²) < 4.78 is 5.39. The molecule has 0 unspecified atom stereocenters. The summed E-state index contributed by atoms with van der Waals surface area (Å²) in [7, 11) is 0. The molecular weight excluding hydrogens is 268 g/mol. The van der Waals surface area contributed by atoms with Crippen LogP contribution in [0.25, 0.3) is 0 Å². The second-order valence-electron chi connectivity index (χ2n) is 6.91. The second-order valence-corrected chi connectivity index (χ2v) is 6.91. The Morgan fingerprint density at radius 1 is 1.00 bits per heavy atom. The first-order valence-corrected chi connectivity index (χ1v) is 7.98. The Kier molecular flexibility index (Phi) is 7.15. The number of hydrogen-bond donors (Lipinski definition) is 2. The van der Waals surface area contributed by atoms with Gasteiger partial charge in [0.05, 0.1) is 5.54 Å². The van der Waals surface area contributed by atoms with Gasteiger partial charge in [0.15, 0.2) is 0 Å². The predicted octanol–water partition coefficient (Wildman–Crippen LogP) is 1.86. The van der Waals surface area contributed by atoms with Crippen LogP contribution in [0.5, 0.6) is 0 Å². The predicted molar refractivity (Wildman–Crippen MR) is 82.8 cm³/mol. The number of amides is 2. The van der Waals surface area contributed by atoms with E-state index in [1.165, 1.54) is 0 Å². The molecule has 0 aromatic rings. The first kappa shape index (κ1) is 18.0. The van der Waals surface area contributed by atoms with E-state index in [1.807, 2.05) is 27.7 Å². The summed E-state index contributed by atoms with van der Waals surface area (Å²) in [6, 6.07) is 0. The van der Waals surface area contributed by atoms with Crippen molar-refractivity contribution in [3.05, 3.63) is 0 Å². The first-order chi connectivity index (χ1) is 9.83. The zero-order valence-electron chi connectivity index (χ0n) is 13.8. The van der Waals surface area contributed by atoms with Gasteiger partial charge < -0.3 is 15.4 Å². The van der Waals surface area contributed by atoms with Crippen molar-refractivity contribution in [2.24, 2.45) is 11.8 Å². The SMILES string of the molecule is CC(C)CC(=O)NCC1(NC(=O)CC(C)C)CCOCC1. The van der Waals surface area contributed by atoms with Gasteiger partial charge in [0.1, 0.15) is 0 Å². The van der Waals surface area contributed by atoms with Crippen molar-refractivity contribution >= 4 is 11.8 Å². The molecular formula is C16H30N2O3. The van der Waals surface area contributed by atoms with E-state index in [1.54, 1.807) is 0 Å². The van der Waals surface area contributed by atoms with Gasteiger partial charge in [0.2, 0.25) is 11.8 Å². The number of carbonyl (C=O) groups is 2. The Bertz CT molecular complexity index is 347. The van der Waals surface area contributed by atoms with E-state index in [0.717, 1.165) is 12.8 Å². The van der Waals surface area contributed by atoms with Gasteiger partial charge >= 0.3 is 0 Å². The van der Waals surface area contributed by atoms with Gasteiger partial charge in [-0.3, -0.25) is 9.59 Å². The molecule has 1 aliphatic rings. The highest BCUT2D eigenvalue weighted by molar-refractivity contribution is 5.78. The number of carbonyl (C=O) groups excluding carboxylic acids is 2. The zero-order valence-corrected chi connectivity index (χ0v) is 13.8. The maximum Gasteiger partial charge on any atom is 0.220 e. The fourth-order valence-electron chi connectivity index (χ4n) is 2.54. The number of ether oxygens (including phenoxy) is 1. The Labute approximate surface area is 128 Å². The van der Waals surface area contributed by atoms with Gasteiger partial charge in [-0.1, -0.05) is 27.7 Å². The lowest BCUT2D eigenvalue weighted by Gasteiger charge is -2.38. The number of nitrogens with one attached hydrogen (secondary N) is 2. The van der Waals surface area contributed by atoms with Crippen LogP contribution in [0.2, 0.25) is 0 Å². The van der Waals surface area contributed by atoms with Crippen molar-refractivity contribution in [3.8, 4) is 0 Å². The largest absolute Gasteiger partial charge is 0.381 e. The van der Waals surface area contributed by atoms with Gasteiger partial charge in [-0.25, -0.2) is 0 Å². The summed E-state index contributed by atoms with van der Waals surface area (Å²) in [5, 5.41) is 6.11. The van der Waals surface area contributed by atoms with Crippen LogP contribution in [0.3, 0.4) is 0 Å². The molecule has 0 aromatic carbocycles. The maximum absolute atomic E-state index is 12.1. The Morgan fingerprint density at radius 2 is 1.52 bits per heavy atom. The summed E-state index contributed by atoms with van der Waals surface area (Å²) in [5.74, 6) is 0.780. The molecule has 0 spiro atoms. The minimum absolute atomic E-state index is 0.0500. The van der Waals surface area contributed by atoms with E-state index in [4.69, 9.17) is 4.74 Å². The molecule has 2 amide bonds. The van der Waals surface area contributed by atoms with E-state index >= 15 is 0 Å². The average molecular weight is 298 g/mol. The monoisotopic (exact) mass is 298 g/mol. The molecule has 1 rings (SSSR count). The van der Waals surface area contributed by atoms with Crippen LogP contribution >= 0.6 is 0 Å². The van der Waals surface area contributed by atoms with Crippen LogP contribution in [-0.2, 0) is 14.3 Å². The molecule has 0 bridgehead atoms. The molecule has 0 saturated carbocycles. The molecule has 21 heavy (non-hydrogen) atoms. The highest BCUT2D eigenvalue weighted by atomic mass is 16.5. The third kappa shape index (κ3) is 6.93. The highest BCUT2D eigenvalue weighted by Crippen LogP contribution is 2.21. The minimum atomic E-state index is -0.350. The molecule has 0 radical (unpaired) electrons. The number of hydrogen-bond acceptors (Lipinski definition) is 3. The Hall–Kier alpha value is -1.10. The molecule has 1 saturated heterocycles. The average Bonchev–Trinajstić information content (AvgIpc) is 2.35. The fraction of sp³-hybridized carbons (Fsp3) is 0.875. The summed E-state index contributed by atoms with van der Waals surface area (Å²) in [6.45, 7) is 9.85. The van der Waals surface area contributed by atoms with E-state index in [-0.39, 0.29) is 17.4 Å². The molecule has 0 aromatic heterocycles. The number of rotatable bonds is 7. The van der Waals surface area contributed by atoms with E-state index in [9.17, 15) is 9.59 Å². The summed E-state index contributed by atoms with van der Waals surface area (Å²) in [5.41, 5.74) is -0.350. The Morgan fingerprint density at radius 3 is 2.05 bits per heavy atom. The first-order valence-electron chi connectivity index (χ1n) is 7.98. The maximum atomic E-state index is 12.1. The van der Waals surface area contributed by atoms with Crippen molar-refractivity contribution in [3.63, 3.8) is 0 Å². The van der Waals surface area contributed by atoms with Gasteiger partial charge in [0, 0.05) is 32.6 Å². The quantitative estimate of drug-likeness (QED) is 0.754. The van der Waals surface area contributed by atoms with Crippen LogP contribution in [0.15, 0.2) is 0 Å². The van der Waals surface area contributed by atoms with Crippen molar-refractivity contribution in [1.29, 1.82) is 0 Å². The highest BCUT2D eigenvalue weighted by Gasteiger charge is 2.34. The van der Waals surface area contributed by atoms with E-state index in [0.29, 0.717) is 44.4 Å². The van der Waals surface area contributed by atoms with Gasteiger partial charge in [-0.2, -0.15) is 0 Å². The zero-order chi connectivity index (χ0) is 15.9. The molecule has 1 fully saturated rings. The normalized spacial score (nSPS) is 17.8. The third-order valence-corrected chi connectivity index (χ3v) is 3.67. The molecule has 1 heterocycles. The smallest absolute Gasteiger partial charge is 0.220 e. The minimum Gasteiger partial charge on any atom is -0.381 e. The van der Waals surface area contributed by atoms with Crippen molar-refractivity contribution in [2.75, 3.05) is 19.8 Å². The van der Waals surface area contributed by atoms with Crippen LogP contribution in [-0.4, -0.2) is 37.1 Å². The second kappa shape index (κ2) is 8.37. The van der Waals surface area contributed by atoms with Crippen molar-refractivity contribution < 1.29 is 14.3 Å². The molecule has 5 heteroatoms. The van der Waals surface area contributed by atoms with E-state index in [2.05, 4.69) is 10.6 Å². The molecule has 5 nitrogen and oxygen atoms in total. The van der Waals surface area contributed by atoms with Gasteiger partial charge in [-0.15, -0.1) is 0 Å². The summed E-state index contributed by atoms with van der Waals surface area (Å²) >= 11 is 0. The van der Waals surface area contributed by atoms with Crippen LogP contribution in [0.1, 0.15) is 53.4 Å². The standard InChI is InChI=1S/C16H30N2O3/c1-12(2)9-14(19)17-11-16(5-7-21-8-6-16)18-15(20)10-13(3)4/h12-13H,5-11H2,1-4H3,(H,17,19)(H,18,20).